The lowest BCUT2D eigenvalue weighted by Gasteiger charge is -2.38. The first-order valence-electron chi connectivity index (χ1n) is 12.8. The van der Waals surface area contributed by atoms with Crippen molar-refractivity contribution in [3.63, 3.8) is 0 Å². The fraction of sp³-hybridized carbons (Fsp3) is 0.300. The number of aliphatic carboxylic acids is 1. The molecule has 196 valence electrons. The van der Waals surface area contributed by atoms with Crippen LogP contribution in [0.5, 0.6) is 0 Å². The number of carbonyl (C=O) groups is 2. The Bertz CT molecular complexity index is 1440. The summed E-state index contributed by atoms with van der Waals surface area (Å²) in [6.07, 6.45) is 7.35. The van der Waals surface area contributed by atoms with Crippen molar-refractivity contribution in [3.8, 4) is 0 Å². The summed E-state index contributed by atoms with van der Waals surface area (Å²) in [6.45, 7) is 0.514. The largest absolute Gasteiger partial charge is 0.481 e. The number of aromatic nitrogens is 2. The highest BCUT2D eigenvalue weighted by Crippen LogP contribution is 2.39. The number of rotatable bonds is 8. The minimum Gasteiger partial charge on any atom is -0.481 e. The molecule has 0 spiro atoms. The molecule has 1 fully saturated rings. The molecular weight excluding hydrogens is 521 g/mol. The molecule has 0 saturated heterocycles. The Morgan fingerprint density at radius 3 is 2.26 bits per heavy atom. The third-order valence-electron chi connectivity index (χ3n) is 7.61. The Hall–Kier alpha value is -3.35. The van der Waals surface area contributed by atoms with Crippen molar-refractivity contribution < 1.29 is 14.7 Å². The Morgan fingerprint density at radius 2 is 1.61 bits per heavy atom. The van der Waals surface area contributed by atoms with E-state index < -0.39 is 11.9 Å². The molecule has 2 N–H and O–H groups in total. The average Bonchev–Trinajstić information content (AvgIpc) is 3.36. The topological polar surface area (TPSA) is 83.7 Å². The van der Waals surface area contributed by atoms with Gasteiger partial charge >= 0.3 is 5.97 Å². The number of amides is 1. The summed E-state index contributed by atoms with van der Waals surface area (Å²) in [7, 11) is 0. The van der Waals surface area contributed by atoms with Gasteiger partial charge in [0.25, 0.3) is 5.91 Å². The van der Waals surface area contributed by atoms with Crippen LogP contribution in [0.1, 0.15) is 65.3 Å². The van der Waals surface area contributed by atoms with Gasteiger partial charge in [-0.25, -0.2) is 4.98 Å². The number of hydrogen-bond donors (Lipinski definition) is 2. The molecule has 1 atom stereocenters. The molecule has 0 bridgehead atoms. The number of nitrogens with zero attached hydrogens (tertiary/aromatic N) is 2. The lowest BCUT2D eigenvalue weighted by Crippen LogP contribution is -2.42. The predicted octanol–water partition coefficient (Wildman–Crippen LogP) is 6.68. The van der Waals surface area contributed by atoms with Crippen molar-refractivity contribution in [3.05, 3.63) is 105 Å². The van der Waals surface area contributed by atoms with Gasteiger partial charge in [-0.05, 0) is 66.8 Å². The van der Waals surface area contributed by atoms with E-state index in [9.17, 15) is 14.7 Å². The van der Waals surface area contributed by atoms with E-state index in [4.69, 9.17) is 23.2 Å². The second-order valence-corrected chi connectivity index (χ2v) is 10.9. The van der Waals surface area contributed by atoms with Gasteiger partial charge in [-0.1, -0.05) is 72.8 Å². The van der Waals surface area contributed by atoms with Crippen molar-refractivity contribution in [2.75, 3.05) is 6.54 Å². The third-order valence-corrected chi connectivity index (χ3v) is 8.11. The van der Waals surface area contributed by atoms with Crippen LogP contribution in [0.15, 0.2) is 72.9 Å². The zero-order chi connectivity index (χ0) is 26.7. The van der Waals surface area contributed by atoms with E-state index >= 15 is 0 Å². The summed E-state index contributed by atoms with van der Waals surface area (Å²) in [4.78, 5) is 30.2. The molecule has 4 aromatic rings. The summed E-state index contributed by atoms with van der Waals surface area (Å²) in [5.41, 5.74) is 3.24. The van der Waals surface area contributed by atoms with Crippen molar-refractivity contribution in [1.82, 2.24) is 14.7 Å². The average molecular weight is 550 g/mol. The quantitative estimate of drug-likeness (QED) is 0.256. The Morgan fingerprint density at radius 1 is 0.947 bits per heavy atom. The van der Waals surface area contributed by atoms with E-state index in [1.807, 2.05) is 24.3 Å². The molecule has 0 aliphatic heterocycles. The van der Waals surface area contributed by atoms with Gasteiger partial charge in [0, 0.05) is 28.2 Å². The van der Waals surface area contributed by atoms with Gasteiger partial charge in [-0.2, -0.15) is 0 Å². The Balaban J connectivity index is 1.39. The van der Waals surface area contributed by atoms with Gasteiger partial charge in [0.1, 0.15) is 17.3 Å². The number of carboxylic acids is 1. The van der Waals surface area contributed by atoms with Crippen LogP contribution in [0.2, 0.25) is 10.0 Å². The molecular formula is C30H29Cl2N3O3. The van der Waals surface area contributed by atoms with E-state index in [0.29, 0.717) is 33.6 Å². The number of halogens is 2. The van der Waals surface area contributed by atoms with Crippen LogP contribution in [-0.4, -0.2) is 32.9 Å². The molecule has 1 aliphatic carbocycles. The Kier molecular flexibility index (Phi) is 7.73. The van der Waals surface area contributed by atoms with Crippen LogP contribution < -0.4 is 5.32 Å². The molecule has 1 saturated carbocycles. The van der Waals surface area contributed by atoms with E-state index in [0.717, 1.165) is 31.2 Å². The number of carboxylic acid groups (broad SMARTS) is 1. The third kappa shape index (κ3) is 5.57. The lowest BCUT2D eigenvalue weighted by molar-refractivity contribution is -0.138. The minimum absolute atomic E-state index is 0.139. The molecule has 38 heavy (non-hydrogen) atoms. The zero-order valence-electron chi connectivity index (χ0n) is 20.9. The van der Waals surface area contributed by atoms with Gasteiger partial charge in [0.05, 0.1) is 5.69 Å². The van der Waals surface area contributed by atoms with E-state index in [1.165, 1.54) is 12.0 Å². The van der Waals surface area contributed by atoms with Crippen molar-refractivity contribution in [2.24, 2.45) is 0 Å². The summed E-state index contributed by atoms with van der Waals surface area (Å²) >= 11 is 12.1. The number of hydrogen-bond acceptors (Lipinski definition) is 3. The molecule has 2 aromatic heterocycles. The SMILES string of the molecule is O=C(NCC1(c2ccc(Cl)cc2)CCCCC1)c1cccc2nc(C(Cc3ccc(Cl)cc3)C(=O)O)cn12. The van der Waals surface area contributed by atoms with Crippen molar-refractivity contribution in [1.29, 1.82) is 0 Å². The van der Waals surface area contributed by atoms with Crippen LogP contribution in [-0.2, 0) is 16.6 Å². The van der Waals surface area contributed by atoms with Crippen molar-refractivity contribution >= 4 is 40.7 Å². The summed E-state index contributed by atoms with van der Waals surface area (Å²) in [5.74, 6) is -2.05. The molecule has 0 radical (unpaired) electrons. The lowest BCUT2D eigenvalue weighted by atomic mass is 9.69. The van der Waals surface area contributed by atoms with Crippen LogP contribution in [0.4, 0.5) is 0 Å². The normalized spacial score (nSPS) is 15.7. The maximum Gasteiger partial charge on any atom is 0.312 e. The molecule has 5 rings (SSSR count). The van der Waals surface area contributed by atoms with Gasteiger partial charge < -0.3 is 10.4 Å². The highest BCUT2D eigenvalue weighted by atomic mass is 35.5. The molecule has 8 heteroatoms. The summed E-state index contributed by atoms with van der Waals surface area (Å²) in [5, 5.41) is 14.4. The van der Waals surface area contributed by atoms with E-state index in [-0.39, 0.29) is 17.7 Å². The van der Waals surface area contributed by atoms with Crippen LogP contribution in [0.25, 0.3) is 5.65 Å². The first kappa shape index (κ1) is 26.3. The number of nitrogens with one attached hydrogen (secondary N) is 1. The smallest absolute Gasteiger partial charge is 0.312 e. The number of pyridine rings is 1. The van der Waals surface area contributed by atoms with Crippen LogP contribution in [0, 0.1) is 0 Å². The highest BCUT2D eigenvalue weighted by Gasteiger charge is 2.34. The molecule has 2 heterocycles. The van der Waals surface area contributed by atoms with Crippen LogP contribution >= 0.6 is 23.2 Å². The maximum atomic E-state index is 13.5. The molecule has 1 aliphatic rings. The molecule has 2 aromatic carbocycles. The van der Waals surface area contributed by atoms with Crippen molar-refractivity contribution in [2.45, 2.75) is 49.9 Å². The van der Waals surface area contributed by atoms with E-state index in [2.05, 4.69) is 22.4 Å². The van der Waals surface area contributed by atoms with E-state index in [1.54, 1.807) is 40.9 Å². The number of fused-ring (bicyclic) bond motifs is 1. The Labute approximate surface area is 231 Å². The fourth-order valence-electron chi connectivity index (χ4n) is 5.50. The van der Waals surface area contributed by atoms with Gasteiger partial charge in [0.15, 0.2) is 0 Å². The fourth-order valence-corrected chi connectivity index (χ4v) is 5.75. The second kappa shape index (κ2) is 11.2. The first-order valence-corrected chi connectivity index (χ1v) is 13.6. The van der Waals surface area contributed by atoms with Gasteiger partial charge in [-0.3, -0.25) is 14.0 Å². The number of imidazole rings is 1. The second-order valence-electron chi connectivity index (χ2n) is 10.1. The monoisotopic (exact) mass is 549 g/mol. The number of benzene rings is 2. The minimum atomic E-state index is -0.975. The molecule has 1 amide bonds. The molecule has 6 nitrogen and oxygen atoms in total. The van der Waals surface area contributed by atoms with Gasteiger partial charge in [0.2, 0.25) is 0 Å². The number of carbonyl (C=O) groups excluding carboxylic acids is 1. The zero-order valence-corrected chi connectivity index (χ0v) is 22.4. The molecule has 1 unspecified atom stereocenters. The predicted molar refractivity (Wildman–Crippen MR) is 149 cm³/mol. The summed E-state index contributed by atoms with van der Waals surface area (Å²) in [6, 6.07) is 20.3. The van der Waals surface area contributed by atoms with Gasteiger partial charge in [-0.15, -0.1) is 0 Å². The maximum absolute atomic E-state index is 13.5. The summed E-state index contributed by atoms with van der Waals surface area (Å²) < 4.78 is 1.68. The van der Waals surface area contributed by atoms with Crippen LogP contribution in [0.3, 0.4) is 0 Å². The highest BCUT2D eigenvalue weighted by molar-refractivity contribution is 6.30. The standard InChI is InChI=1S/C30H29Cl2N3O3/c31-22-11-7-20(8-12-22)17-24(29(37)38)25-18-35-26(5-4-6-27(35)34-25)28(36)33-19-30(15-2-1-3-16-30)21-9-13-23(32)14-10-21/h4-14,18,24H,1-3,15-17,19H2,(H,33,36)(H,37,38). The first-order chi connectivity index (χ1) is 18.3.